The summed E-state index contributed by atoms with van der Waals surface area (Å²) in [6.45, 7) is 3.59. The maximum Gasteiger partial charge on any atom is 0.276 e. The Balaban J connectivity index is 1.32. The van der Waals surface area contributed by atoms with Crippen molar-refractivity contribution in [1.29, 1.82) is 0 Å². The Morgan fingerprint density at radius 3 is 2.80 bits per heavy atom. The summed E-state index contributed by atoms with van der Waals surface area (Å²) in [4.78, 5) is 12.5. The van der Waals surface area contributed by atoms with E-state index in [2.05, 4.69) is 20.6 Å². The molecule has 0 aliphatic carbocycles. The lowest BCUT2D eigenvalue weighted by Crippen LogP contribution is -2.14. The highest BCUT2D eigenvalue weighted by molar-refractivity contribution is 6.30. The van der Waals surface area contributed by atoms with Gasteiger partial charge in [0.2, 0.25) is 0 Å². The van der Waals surface area contributed by atoms with Gasteiger partial charge in [0.05, 0.1) is 24.6 Å². The van der Waals surface area contributed by atoms with E-state index in [4.69, 9.17) is 16.3 Å². The molecule has 0 spiro atoms. The summed E-state index contributed by atoms with van der Waals surface area (Å²) in [7, 11) is 0. The van der Waals surface area contributed by atoms with Gasteiger partial charge in [0.25, 0.3) is 5.91 Å². The van der Waals surface area contributed by atoms with Crippen LogP contribution in [0.1, 0.15) is 23.0 Å². The topological polar surface area (TPSA) is 91.8 Å². The summed E-state index contributed by atoms with van der Waals surface area (Å²) >= 11 is 5.94. The van der Waals surface area contributed by atoms with Gasteiger partial charge in [-0.1, -0.05) is 17.7 Å². The highest BCUT2D eigenvalue weighted by Gasteiger charge is 2.12. The van der Waals surface area contributed by atoms with E-state index in [-0.39, 0.29) is 18.3 Å². The van der Waals surface area contributed by atoms with Crippen molar-refractivity contribution in [2.24, 2.45) is 0 Å². The second kappa shape index (κ2) is 8.83. The number of nitrogens with one attached hydrogen (secondary N) is 1. The molecule has 1 aromatic carbocycles. The second-order valence-corrected chi connectivity index (χ2v) is 6.99. The van der Waals surface area contributed by atoms with Gasteiger partial charge >= 0.3 is 0 Å². The van der Waals surface area contributed by atoms with E-state index < -0.39 is 0 Å². The van der Waals surface area contributed by atoms with Gasteiger partial charge in [-0.3, -0.25) is 14.2 Å². The molecule has 0 atom stereocenters. The first-order chi connectivity index (χ1) is 14.6. The van der Waals surface area contributed by atoms with Crippen molar-refractivity contribution in [3.05, 3.63) is 77.6 Å². The molecule has 0 fully saturated rings. The molecule has 30 heavy (non-hydrogen) atoms. The lowest BCUT2D eigenvalue weighted by Gasteiger charge is -2.06. The maximum absolute atomic E-state index is 12.5. The molecule has 4 rings (SSSR count). The molecule has 154 valence electrons. The number of rotatable bonds is 8. The number of aryl methyl sites for hydroxylation is 1. The van der Waals surface area contributed by atoms with E-state index >= 15 is 0 Å². The van der Waals surface area contributed by atoms with E-state index in [0.29, 0.717) is 23.0 Å². The van der Waals surface area contributed by atoms with Crippen LogP contribution >= 0.6 is 11.6 Å². The quantitative estimate of drug-likeness (QED) is 0.467. The number of amides is 1. The minimum absolute atomic E-state index is 0.164. The zero-order valence-electron chi connectivity index (χ0n) is 16.3. The molecule has 9 nitrogen and oxygen atoms in total. The van der Waals surface area contributed by atoms with Crippen LogP contribution in [0.25, 0.3) is 0 Å². The maximum atomic E-state index is 12.5. The lowest BCUT2D eigenvalue weighted by molar-refractivity contribution is 0.102. The number of aromatic nitrogens is 6. The van der Waals surface area contributed by atoms with Gasteiger partial charge in [0.1, 0.15) is 5.75 Å². The molecule has 10 heteroatoms. The van der Waals surface area contributed by atoms with Crippen LogP contribution in [0.3, 0.4) is 0 Å². The van der Waals surface area contributed by atoms with Crippen LogP contribution in [0.5, 0.6) is 5.75 Å². The van der Waals surface area contributed by atoms with Crippen LogP contribution in [0.4, 0.5) is 5.69 Å². The average molecular weight is 426 g/mol. The fraction of sp³-hybridized carbons (Fsp3) is 0.200. The van der Waals surface area contributed by atoms with E-state index in [1.54, 1.807) is 53.6 Å². The number of anilines is 1. The van der Waals surface area contributed by atoms with Gasteiger partial charge < -0.3 is 10.1 Å². The van der Waals surface area contributed by atoms with Crippen LogP contribution in [-0.2, 0) is 19.8 Å². The highest BCUT2D eigenvalue weighted by atomic mass is 35.5. The number of benzene rings is 1. The number of carbonyl (C=O) groups is 1. The largest absolute Gasteiger partial charge is 0.471 e. The molecule has 4 aromatic rings. The van der Waals surface area contributed by atoms with E-state index in [1.165, 1.54) is 4.68 Å². The monoisotopic (exact) mass is 425 g/mol. The van der Waals surface area contributed by atoms with Crippen LogP contribution in [0, 0.1) is 0 Å². The Morgan fingerprint density at radius 1 is 1.13 bits per heavy atom. The van der Waals surface area contributed by atoms with Gasteiger partial charge in [-0.15, -0.1) is 0 Å². The number of halogens is 1. The Bertz CT molecular complexity index is 1150. The number of ether oxygens (including phenoxy) is 1. The van der Waals surface area contributed by atoms with E-state index in [9.17, 15) is 4.79 Å². The first kappa shape index (κ1) is 19.7. The van der Waals surface area contributed by atoms with Gasteiger partial charge in [0, 0.05) is 35.7 Å². The van der Waals surface area contributed by atoms with Crippen molar-refractivity contribution in [1.82, 2.24) is 29.3 Å². The first-order valence-electron chi connectivity index (χ1n) is 9.36. The molecule has 0 radical (unpaired) electrons. The Labute approximate surface area is 177 Å². The predicted octanol–water partition coefficient (Wildman–Crippen LogP) is 3.29. The zero-order valence-corrected chi connectivity index (χ0v) is 17.0. The molecule has 3 heterocycles. The predicted molar refractivity (Wildman–Crippen MR) is 111 cm³/mol. The molecule has 1 amide bonds. The summed E-state index contributed by atoms with van der Waals surface area (Å²) in [5, 5.41) is 16.1. The minimum Gasteiger partial charge on any atom is -0.471 e. The molecule has 0 unspecified atom stereocenters. The third-order valence-corrected chi connectivity index (χ3v) is 4.51. The molecule has 0 saturated carbocycles. The number of hydrogen-bond acceptors (Lipinski definition) is 5. The summed E-state index contributed by atoms with van der Waals surface area (Å²) < 4.78 is 10.7. The van der Waals surface area contributed by atoms with Crippen LogP contribution in [-0.4, -0.2) is 35.2 Å². The van der Waals surface area contributed by atoms with Crippen molar-refractivity contribution >= 4 is 23.2 Å². The summed E-state index contributed by atoms with van der Waals surface area (Å²) in [6, 6.07) is 8.71. The summed E-state index contributed by atoms with van der Waals surface area (Å²) in [5.41, 5.74) is 1.91. The van der Waals surface area contributed by atoms with Crippen molar-refractivity contribution in [3.8, 4) is 5.75 Å². The second-order valence-electron chi connectivity index (χ2n) is 6.56. The standard InChI is InChI=1S/C20H20ClN7O2/c1-2-26-11-15(9-22-26)12-28-13-17(10-23-28)24-20(29)19-6-7-27(25-19)14-30-18-5-3-4-16(21)8-18/h3-11,13H,2,12,14H2,1H3,(H,24,29). The molecule has 0 saturated heterocycles. The Kier molecular flexibility index (Phi) is 5.80. The number of carbonyl (C=O) groups excluding carboxylic acids is 1. The SMILES string of the molecule is CCn1cc(Cn2cc(NC(=O)c3ccn(COc4cccc(Cl)c4)n3)cn2)cn1. The molecule has 0 aliphatic heterocycles. The van der Waals surface area contributed by atoms with Crippen molar-refractivity contribution in [2.45, 2.75) is 26.7 Å². The van der Waals surface area contributed by atoms with Crippen molar-refractivity contribution in [3.63, 3.8) is 0 Å². The molecule has 1 N–H and O–H groups in total. The van der Waals surface area contributed by atoms with Gasteiger partial charge in [-0.25, -0.2) is 4.68 Å². The van der Waals surface area contributed by atoms with E-state index in [1.807, 2.05) is 24.0 Å². The molecule has 3 aromatic heterocycles. The van der Waals surface area contributed by atoms with Crippen LogP contribution < -0.4 is 10.1 Å². The third kappa shape index (κ3) is 4.87. The van der Waals surface area contributed by atoms with Gasteiger partial charge in [-0.05, 0) is 31.2 Å². The van der Waals surface area contributed by atoms with Gasteiger partial charge in [0.15, 0.2) is 12.4 Å². The smallest absolute Gasteiger partial charge is 0.276 e. The Hall–Kier alpha value is -3.59. The Morgan fingerprint density at radius 2 is 2.00 bits per heavy atom. The normalized spacial score (nSPS) is 10.9. The molecular formula is C20H20ClN7O2. The minimum atomic E-state index is -0.324. The van der Waals surface area contributed by atoms with E-state index in [0.717, 1.165) is 12.1 Å². The summed E-state index contributed by atoms with van der Waals surface area (Å²) in [5.74, 6) is 0.302. The fourth-order valence-electron chi connectivity index (χ4n) is 2.81. The van der Waals surface area contributed by atoms with Crippen LogP contribution in [0.15, 0.2) is 61.3 Å². The summed E-state index contributed by atoms with van der Waals surface area (Å²) in [6.07, 6.45) is 8.82. The lowest BCUT2D eigenvalue weighted by atomic mass is 10.3. The zero-order chi connectivity index (χ0) is 20.9. The average Bonchev–Trinajstić information content (AvgIpc) is 3.48. The third-order valence-electron chi connectivity index (χ3n) is 4.28. The fourth-order valence-corrected chi connectivity index (χ4v) is 2.99. The first-order valence-corrected chi connectivity index (χ1v) is 9.74. The molecule has 0 bridgehead atoms. The van der Waals surface area contributed by atoms with Crippen molar-refractivity contribution in [2.75, 3.05) is 5.32 Å². The molecule has 0 aliphatic rings. The molecular weight excluding hydrogens is 406 g/mol. The van der Waals surface area contributed by atoms with Gasteiger partial charge in [-0.2, -0.15) is 15.3 Å². The number of hydrogen-bond donors (Lipinski definition) is 1. The van der Waals surface area contributed by atoms with Crippen molar-refractivity contribution < 1.29 is 9.53 Å². The highest BCUT2D eigenvalue weighted by Crippen LogP contribution is 2.17. The number of nitrogens with zero attached hydrogens (tertiary/aromatic N) is 6. The van der Waals surface area contributed by atoms with Crippen LogP contribution in [0.2, 0.25) is 5.02 Å².